The van der Waals surface area contributed by atoms with Gasteiger partial charge >= 0.3 is 5.97 Å². The van der Waals surface area contributed by atoms with Crippen molar-refractivity contribution < 1.29 is 9.53 Å². The molecule has 0 aliphatic heterocycles. The van der Waals surface area contributed by atoms with Crippen molar-refractivity contribution in [3.05, 3.63) is 36.7 Å². The summed E-state index contributed by atoms with van der Waals surface area (Å²) in [5, 5.41) is 5.25. The second-order valence-corrected chi connectivity index (χ2v) is 4.02. The van der Waals surface area contributed by atoms with E-state index in [1.807, 2.05) is 24.3 Å². The molecule has 94 valence electrons. The number of hydrogen-bond acceptors (Lipinski definition) is 4. The molecule has 0 bridgehead atoms. The van der Waals surface area contributed by atoms with Crippen LogP contribution in [0, 0.1) is 0 Å². The minimum Gasteiger partial charge on any atom is -0.464 e. The summed E-state index contributed by atoms with van der Waals surface area (Å²) in [4.78, 5) is 15.7. The lowest BCUT2D eigenvalue weighted by atomic mass is 10.1. The minimum absolute atomic E-state index is 0.247. The van der Waals surface area contributed by atoms with Crippen LogP contribution in [0.4, 0.5) is 5.69 Å². The number of hydrogen-bond donors (Lipinski definition) is 1. The number of benzene rings is 1. The Morgan fingerprint density at radius 1 is 1.44 bits per heavy atom. The second-order valence-electron chi connectivity index (χ2n) is 4.02. The summed E-state index contributed by atoms with van der Waals surface area (Å²) >= 11 is 0. The van der Waals surface area contributed by atoms with Crippen molar-refractivity contribution in [1.29, 1.82) is 0 Å². The number of ether oxygens (including phenoxy) is 1. The zero-order chi connectivity index (χ0) is 13.0. The molecule has 1 atom stereocenters. The maximum Gasteiger partial charge on any atom is 0.328 e. The van der Waals surface area contributed by atoms with Crippen LogP contribution in [0.1, 0.15) is 13.8 Å². The van der Waals surface area contributed by atoms with Crippen LogP contribution in [0.5, 0.6) is 0 Å². The van der Waals surface area contributed by atoms with E-state index >= 15 is 0 Å². The third-order valence-electron chi connectivity index (χ3n) is 2.69. The first-order valence-electron chi connectivity index (χ1n) is 5.98. The van der Waals surface area contributed by atoms with Gasteiger partial charge in [0.05, 0.1) is 6.61 Å². The third kappa shape index (κ3) is 2.59. The lowest BCUT2D eigenvalue weighted by molar-refractivity contribution is -0.143. The van der Waals surface area contributed by atoms with Gasteiger partial charge in [-0.15, -0.1) is 0 Å². The van der Waals surface area contributed by atoms with Gasteiger partial charge in [0.2, 0.25) is 0 Å². The monoisotopic (exact) mass is 244 g/mol. The standard InChI is InChI=1S/C14H16N2O2/c1-3-18-14(17)10(2)16-13-6-4-5-11-9-15-8-7-12(11)13/h4-10,16H,3H2,1-2H3. The van der Waals surface area contributed by atoms with Crippen LogP contribution >= 0.6 is 0 Å². The molecule has 1 aromatic heterocycles. The summed E-state index contributed by atoms with van der Waals surface area (Å²) in [5.41, 5.74) is 0.912. The van der Waals surface area contributed by atoms with Crippen molar-refractivity contribution in [3.8, 4) is 0 Å². The minimum atomic E-state index is -0.372. The molecule has 4 heteroatoms. The normalized spacial score (nSPS) is 12.1. The maximum absolute atomic E-state index is 11.6. The quantitative estimate of drug-likeness (QED) is 0.840. The summed E-state index contributed by atoms with van der Waals surface area (Å²) < 4.78 is 4.97. The molecule has 0 radical (unpaired) electrons. The molecule has 0 saturated carbocycles. The molecule has 0 aliphatic carbocycles. The molecular formula is C14H16N2O2. The van der Waals surface area contributed by atoms with Crippen molar-refractivity contribution in [1.82, 2.24) is 4.98 Å². The van der Waals surface area contributed by atoms with Crippen LogP contribution in [0.2, 0.25) is 0 Å². The second kappa shape index (κ2) is 5.49. The van der Waals surface area contributed by atoms with Crippen molar-refractivity contribution in [2.24, 2.45) is 0 Å². The number of pyridine rings is 1. The molecule has 2 rings (SSSR count). The molecule has 4 nitrogen and oxygen atoms in total. The third-order valence-corrected chi connectivity index (χ3v) is 2.69. The molecule has 1 unspecified atom stereocenters. The van der Waals surface area contributed by atoms with Gasteiger partial charge in [-0.1, -0.05) is 12.1 Å². The molecule has 0 aliphatic rings. The molecule has 0 saturated heterocycles. The van der Waals surface area contributed by atoms with Crippen LogP contribution in [0.3, 0.4) is 0 Å². The summed E-state index contributed by atoms with van der Waals surface area (Å²) in [6, 6.07) is 7.42. The zero-order valence-electron chi connectivity index (χ0n) is 10.5. The zero-order valence-corrected chi connectivity index (χ0v) is 10.5. The highest BCUT2D eigenvalue weighted by Gasteiger charge is 2.14. The Kier molecular flexibility index (Phi) is 3.77. The fraction of sp³-hybridized carbons (Fsp3) is 0.286. The van der Waals surface area contributed by atoms with Crippen molar-refractivity contribution >= 4 is 22.4 Å². The summed E-state index contributed by atoms with van der Waals surface area (Å²) in [6.45, 7) is 3.98. The van der Waals surface area contributed by atoms with Gasteiger partial charge in [-0.3, -0.25) is 4.98 Å². The van der Waals surface area contributed by atoms with E-state index in [4.69, 9.17) is 4.74 Å². The highest BCUT2D eigenvalue weighted by Crippen LogP contribution is 2.22. The van der Waals surface area contributed by atoms with E-state index in [1.54, 1.807) is 26.2 Å². The van der Waals surface area contributed by atoms with Gasteiger partial charge in [-0.05, 0) is 26.0 Å². The van der Waals surface area contributed by atoms with Crippen molar-refractivity contribution in [2.75, 3.05) is 11.9 Å². The number of nitrogens with one attached hydrogen (secondary N) is 1. The molecule has 0 fully saturated rings. The Morgan fingerprint density at radius 2 is 2.28 bits per heavy atom. The van der Waals surface area contributed by atoms with E-state index in [2.05, 4.69) is 10.3 Å². The smallest absolute Gasteiger partial charge is 0.328 e. The predicted octanol–water partition coefficient (Wildman–Crippen LogP) is 2.60. The molecule has 0 amide bonds. The largest absolute Gasteiger partial charge is 0.464 e. The van der Waals surface area contributed by atoms with Crippen LogP contribution in [0.25, 0.3) is 10.8 Å². The van der Waals surface area contributed by atoms with E-state index in [-0.39, 0.29) is 12.0 Å². The first-order chi connectivity index (χ1) is 8.72. The van der Waals surface area contributed by atoms with Crippen molar-refractivity contribution in [3.63, 3.8) is 0 Å². The Labute approximate surface area is 106 Å². The average Bonchev–Trinajstić information content (AvgIpc) is 2.39. The van der Waals surface area contributed by atoms with Crippen molar-refractivity contribution in [2.45, 2.75) is 19.9 Å². The number of esters is 1. The highest BCUT2D eigenvalue weighted by atomic mass is 16.5. The number of carbonyl (C=O) groups is 1. The van der Waals surface area contributed by atoms with Gasteiger partial charge in [0.15, 0.2) is 0 Å². The number of rotatable bonds is 4. The fourth-order valence-electron chi connectivity index (χ4n) is 1.81. The molecule has 0 spiro atoms. The SMILES string of the molecule is CCOC(=O)C(C)Nc1cccc2cnccc12. The van der Waals surface area contributed by atoms with E-state index < -0.39 is 0 Å². The highest BCUT2D eigenvalue weighted by molar-refractivity contribution is 5.94. The van der Waals surface area contributed by atoms with Gasteiger partial charge < -0.3 is 10.1 Å². The molecule has 18 heavy (non-hydrogen) atoms. The summed E-state index contributed by atoms with van der Waals surface area (Å²) in [6.07, 6.45) is 3.54. The van der Waals surface area contributed by atoms with Gasteiger partial charge in [0.25, 0.3) is 0 Å². The fourth-order valence-corrected chi connectivity index (χ4v) is 1.81. The van der Waals surface area contributed by atoms with Gasteiger partial charge in [-0.25, -0.2) is 4.79 Å². The van der Waals surface area contributed by atoms with E-state index in [0.29, 0.717) is 6.61 Å². The first kappa shape index (κ1) is 12.4. The Bertz CT molecular complexity index is 549. The molecule has 2 aromatic rings. The number of nitrogens with zero attached hydrogens (tertiary/aromatic N) is 1. The lowest BCUT2D eigenvalue weighted by Gasteiger charge is -2.15. The average molecular weight is 244 g/mol. The Hall–Kier alpha value is -2.10. The topological polar surface area (TPSA) is 51.2 Å². The lowest BCUT2D eigenvalue weighted by Crippen LogP contribution is -2.28. The van der Waals surface area contributed by atoms with Gasteiger partial charge in [0, 0.05) is 28.9 Å². The van der Waals surface area contributed by atoms with Gasteiger partial charge in [0.1, 0.15) is 6.04 Å². The number of aromatic nitrogens is 1. The van der Waals surface area contributed by atoms with Crippen LogP contribution in [0.15, 0.2) is 36.7 Å². The molecular weight excluding hydrogens is 228 g/mol. The van der Waals surface area contributed by atoms with Crippen LogP contribution in [-0.4, -0.2) is 23.6 Å². The predicted molar refractivity (Wildman–Crippen MR) is 71.5 cm³/mol. The Morgan fingerprint density at radius 3 is 3.06 bits per heavy atom. The van der Waals surface area contributed by atoms with Crippen LogP contribution < -0.4 is 5.32 Å². The maximum atomic E-state index is 11.6. The van der Waals surface area contributed by atoms with Gasteiger partial charge in [-0.2, -0.15) is 0 Å². The summed E-state index contributed by atoms with van der Waals surface area (Å²) in [5.74, 6) is -0.247. The molecule has 1 heterocycles. The molecule has 1 N–H and O–H groups in total. The molecule has 1 aromatic carbocycles. The number of anilines is 1. The van der Waals surface area contributed by atoms with E-state index in [9.17, 15) is 4.79 Å². The summed E-state index contributed by atoms with van der Waals surface area (Å²) in [7, 11) is 0. The van der Waals surface area contributed by atoms with E-state index in [0.717, 1.165) is 16.5 Å². The van der Waals surface area contributed by atoms with Crippen LogP contribution in [-0.2, 0) is 9.53 Å². The Balaban J connectivity index is 2.24. The number of carbonyl (C=O) groups excluding carboxylic acids is 1. The number of fused-ring (bicyclic) bond motifs is 1. The first-order valence-corrected chi connectivity index (χ1v) is 5.98. The van der Waals surface area contributed by atoms with E-state index in [1.165, 1.54) is 0 Å².